The highest BCUT2D eigenvalue weighted by Crippen LogP contribution is 2.35. The zero-order chi connectivity index (χ0) is 24.4. The van der Waals surface area contributed by atoms with Gasteiger partial charge in [0.25, 0.3) is 11.5 Å². The predicted molar refractivity (Wildman–Crippen MR) is 141 cm³/mol. The van der Waals surface area contributed by atoms with Crippen molar-refractivity contribution in [2.45, 2.75) is 39.8 Å². The van der Waals surface area contributed by atoms with E-state index in [1.165, 1.54) is 16.2 Å². The highest BCUT2D eigenvalue weighted by atomic mass is 32.2. The summed E-state index contributed by atoms with van der Waals surface area (Å²) in [6.45, 7) is 6.34. The molecule has 1 amide bonds. The third-order valence-electron chi connectivity index (χ3n) is 5.76. The smallest absolute Gasteiger partial charge is 0.267 e. The molecule has 9 heteroatoms. The molecular formula is C25H26N4O3S2. The summed E-state index contributed by atoms with van der Waals surface area (Å²) in [4.78, 5) is 33.3. The van der Waals surface area contributed by atoms with Gasteiger partial charge < -0.3 is 10.1 Å². The number of carbonyl (C=O) groups is 1. The summed E-state index contributed by atoms with van der Waals surface area (Å²) in [6.07, 6.45) is 4.15. The third-order valence-corrected chi connectivity index (χ3v) is 7.09. The van der Waals surface area contributed by atoms with Gasteiger partial charge in [-0.15, -0.1) is 0 Å². The van der Waals surface area contributed by atoms with Crippen molar-refractivity contribution in [1.29, 1.82) is 0 Å². The van der Waals surface area contributed by atoms with E-state index in [4.69, 9.17) is 21.9 Å². The number of thiocarbonyl (C=S) groups is 1. The van der Waals surface area contributed by atoms with E-state index in [9.17, 15) is 9.59 Å². The van der Waals surface area contributed by atoms with Gasteiger partial charge in [-0.1, -0.05) is 49.1 Å². The average Bonchev–Trinajstić information content (AvgIpc) is 3.12. The number of hydrogen-bond donors (Lipinski definition) is 1. The van der Waals surface area contributed by atoms with Crippen LogP contribution < -0.4 is 15.6 Å². The van der Waals surface area contributed by atoms with Gasteiger partial charge in [-0.2, -0.15) is 0 Å². The number of aryl methyl sites for hydroxylation is 1. The second-order valence-corrected chi connectivity index (χ2v) is 9.80. The molecule has 1 unspecified atom stereocenters. The normalized spacial score (nSPS) is 15.9. The number of fused-ring (bicyclic) bond motifs is 1. The SMILES string of the molecule is CCC(C)N1C(=O)/C(=C/c2c(NCc3ccc(OC)cc3)nc3ccc(C)cn3c2=O)SC1=S. The maximum Gasteiger partial charge on any atom is 0.267 e. The lowest BCUT2D eigenvalue weighted by Crippen LogP contribution is -2.36. The Morgan fingerprint density at radius 3 is 2.62 bits per heavy atom. The second-order valence-electron chi connectivity index (χ2n) is 8.12. The van der Waals surface area contributed by atoms with E-state index in [-0.39, 0.29) is 17.5 Å². The van der Waals surface area contributed by atoms with Gasteiger partial charge in [0, 0.05) is 18.8 Å². The number of nitrogens with zero attached hydrogens (tertiary/aromatic N) is 3. The molecule has 1 aromatic carbocycles. The number of nitrogens with one attached hydrogen (secondary N) is 1. The van der Waals surface area contributed by atoms with Crippen LogP contribution in [0.25, 0.3) is 11.7 Å². The fraction of sp³-hybridized carbons (Fsp3) is 0.280. The van der Waals surface area contributed by atoms with Crippen molar-refractivity contribution in [1.82, 2.24) is 14.3 Å². The number of anilines is 1. The molecule has 2 aromatic heterocycles. The summed E-state index contributed by atoms with van der Waals surface area (Å²) in [5.41, 5.74) is 2.53. The van der Waals surface area contributed by atoms with Crippen molar-refractivity contribution in [3.63, 3.8) is 0 Å². The number of methoxy groups -OCH3 is 1. The molecule has 0 saturated carbocycles. The first kappa shape index (κ1) is 24.0. The van der Waals surface area contributed by atoms with Gasteiger partial charge in [0.1, 0.15) is 21.5 Å². The van der Waals surface area contributed by atoms with Gasteiger partial charge in [-0.25, -0.2) is 4.98 Å². The molecule has 1 atom stereocenters. The summed E-state index contributed by atoms with van der Waals surface area (Å²) in [7, 11) is 1.62. The number of amides is 1. The molecule has 0 radical (unpaired) electrons. The number of ether oxygens (including phenoxy) is 1. The standard InChI is InChI=1S/C25H26N4O3S2/c1-5-16(3)29-24(31)20(34-25(29)33)12-19-22(26-13-17-7-9-18(32-4)10-8-17)27-21-11-6-15(2)14-28(21)23(19)30/h6-12,14,16,26H,5,13H2,1-4H3/b20-12-. The number of carbonyl (C=O) groups excluding carboxylic acids is 1. The first-order chi connectivity index (χ1) is 16.3. The lowest BCUT2D eigenvalue weighted by molar-refractivity contribution is -0.123. The fourth-order valence-corrected chi connectivity index (χ4v) is 5.07. The van der Waals surface area contributed by atoms with Crippen LogP contribution >= 0.6 is 24.0 Å². The van der Waals surface area contributed by atoms with Crippen molar-refractivity contribution >= 4 is 51.7 Å². The number of thioether (sulfide) groups is 1. The van der Waals surface area contributed by atoms with E-state index in [1.54, 1.807) is 24.3 Å². The fourth-order valence-electron chi connectivity index (χ4n) is 3.63. The lowest BCUT2D eigenvalue weighted by atomic mass is 10.2. The lowest BCUT2D eigenvalue weighted by Gasteiger charge is -2.21. The van der Waals surface area contributed by atoms with Crippen molar-refractivity contribution < 1.29 is 9.53 Å². The third kappa shape index (κ3) is 4.71. The predicted octanol–water partition coefficient (Wildman–Crippen LogP) is 4.62. The molecule has 0 aliphatic carbocycles. The van der Waals surface area contributed by atoms with E-state index in [2.05, 4.69) is 5.32 Å². The zero-order valence-corrected chi connectivity index (χ0v) is 21.1. The Morgan fingerprint density at radius 2 is 1.94 bits per heavy atom. The number of hydrogen-bond acceptors (Lipinski definition) is 7. The molecule has 1 saturated heterocycles. The van der Waals surface area contributed by atoms with Crippen LogP contribution in [0.15, 0.2) is 52.3 Å². The van der Waals surface area contributed by atoms with E-state index in [0.29, 0.717) is 32.8 Å². The van der Waals surface area contributed by atoms with Crippen molar-refractivity contribution in [3.8, 4) is 5.75 Å². The molecule has 3 aromatic rings. The number of rotatable bonds is 7. The Labute approximate surface area is 207 Å². The minimum atomic E-state index is -0.250. The van der Waals surface area contributed by atoms with Crippen LogP contribution in [0.1, 0.15) is 37.0 Å². The first-order valence-corrected chi connectivity index (χ1v) is 12.2. The van der Waals surface area contributed by atoms with Crippen molar-refractivity contribution in [3.05, 3.63) is 74.5 Å². The van der Waals surface area contributed by atoms with Crippen LogP contribution in [0, 0.1) is 6.92 Å². The molecule has 1 N–H and O–H groups in total. The maximum atomic E-state index is 13.5. The van der Waals surface area contributed by atoms with Gasteiger partial charge in [-0.3, -0.25) is 18.9 Å². The number of pyridine rings is 1. The van der Waals surface area contributed by atoms with Gasteiger partial charge in [-0.05, 0) is 55.7 Å². The van der Waals surface area contributed by atoms with E-state index in [0.717, 1.165) is 23.3 Å². The molecule has 1 aliphatic rings. The van der Waals surface area contributed by atoms with Crippen LogP contribution in [0.5, 0.6) is 5.75 Å². The van der Waals surface area contributed by atoms with Gasteiger partial charge >= 0.3 is 0 Å². The molecule has 1 aliphatic heterocycles. The monoisotopic (exact) mass is 494 g/mol. The van der Waals surface area contributed by atoms with Crippen molar-refractivity contribution in [2.24, 2.45) is 0 Å². The minimum absolute atomic E-state index is 0.00968. The second kappa shape index (κ2) is 9.99. The first-order valence-electron chi connectivity index (χ1n) is 11.0. The van der Waals surface area contributed by atoms with E-state index < -0.39 is 0 Å². The summed E-state index contributed by atoms with van der Waals surface area (Å²) < 4.78 is 7.23. The van der Waals surface area contributed by atoms with E-state index in [1.807, 2.05) is 57.2 Å². The molecule has 0 spiro atoms. The Balaban J connectivity index is 1.76. The van der Waals surface area contributed by atoms with Crippen LogP contribution in [0.3, 0.4) is 0 Å². The van der Waals surface area contributed by atoms with Gasteiger partial charge in [0.2, 0.25) is 0 Å². The highest BCUT2D eigenvalue weighted by Gasteiger charge is 2.35. The van der Waals surface area contributed by atoms with Gasteiger partial charge in [0.15, 0.2) is 0 Å². The number of aromatic nitrogens is 2. The van der Waals surface area contributed by atoms with Gasteiger partial charge in [0.05, 0.1) is 17.6 Å². The summed E-state index contributed by atoms with van der Waals surface area (Å²) in [5.74, 6) is 1.00. The molecule has 1 fully saturated rings. The van der Waals surface area contributed by atoms with Crippen LogP contribution in [-0.4, -0.2) is 37.7 Å². The highest BCUT2D eigenvalue weighted by molar-refractivity contribution is 8.26. The molecular weight excluding hydrogens is 468 g/mol. The summed E-state index contributed by atoms with van der Waals surface area (Å²) >= 11 is 6.67. The van der Waals surface area contributed by atoms with Crippen LogP contribution in [0.2, 0.25) is 0 Å². The molecule has 7 nitrogen and oxygen atoms in total. The van der Waals surface area contributed by atoms with E-state index >= 15 is 0 Å². The molecule has 0 bridgehead atoms. The zero-order valence-electron chi connectivity index (χ0n) is 19.5. The van der Waals surface area contributed by atoms with Crippen LogP contribution in [0.4, 0.5) is 5.82 Å². The summed E-state index contributed by atoms with van der Waals surface area (Å²) in [6, 6.07) is 11.4. The minimum Gasteiger partial charge on any atom is -0.497 e. The Bertz CT molecular complexity index is 1350. The molecule has 3 heterocycles. The maximum absolute atomic E-state index is 13.5. The molecule has 34 heavy (non-hydrogen) atoms. The molecule has 4 rings (SSSR count). The quantitative estimate of drug-likeness (QED) is 0.379. The number of benzene rings is 1. The summed E-state index contributed by atoms with van der Waals surface area (Å²) in [5, 5.41) is 3.28. The average molecular weight is 495 g/mol. The topological polar surface area (TPSA) is 75.9 Å². The van der Waals surface area contributed by atoms with Crippen molar-refractivity contribution in [2.75, 3.05) is 12.4 Å². The largest absolute Gasteiger partial charge is 0.497 e. The Kier molecular flexibility index (Phi) is 7.04. The Hall–Kier alpha value is -3.17. The Morgan fingerprint density at radius 1 is 1.21 bits per heavy atom. The molecule has 176 valence electrons. The van der Waals surface area contributed by atoms with Crippen LogP contribution in [-0.2, 0) is 11.3 Å².